The number of carboxylic acid groups (broad SMARTS) is 1. The number of carbonyl (C=O) groups is 1. The quantitative estimate of drug-likeness (QED) is 0.912. The van der Waals surface area contributed by atoms with Crippen LogP contribution in [0.4, 0.5) is 0 Å². The summed E-state index contributed by atoms with van der Waals surface area (Å²) in [5, 5.41) is 9.04. The van der Waals surface area contributed by atoms with Crippen LogP contribution in [0.15, 0.2) is 36.7 Å². The SMILES string of the molecule is Cc1nccn1Cc1ccccc1C(=O)O.Cl. The Morgan fingerprint density at radius 1 is 1.41 bits per heavy atom. The highest BCUT2D eigenvalue weighted by Crippen LogP contribution is 2.11. The van der Waals surface area contributed by atoms with E-state index in [4.69, 9.17) is 5.11 Å². The molecule has 4 nitrogen and oxygen atoms in total. The zero-order valence-corrected chi connectivity index (χ0v) is 10.1. The number of hydrogen-bond acceptors (Lipinski definition) is 2. The van der Waals surface area contributed by atoms with Gasteiger partial charge in [-0.15, -0.1) is 12.4 Å². The number of aromatic carboxylic acids is 1. The number of nitrogens with zero attached hydrogens (tertiary/aromatic N) is 2. The maximum absolute atomic E-state index is 11.0. The molecule has 0 aliphatic carbocycles. The van der Waals surface area contributed by atoms with E-state index in [1.54, 1.807) is 18.3 Å². The smallest absolute Gasteiger partial charge is 0.336 e. The van der Waals surface area contributed by atoms with Crippen molar-refractivity contribution in [2.75, 3.05) is 0 Å². The molecule has 0 amide bonds. The Hall–Kier alpha value is -1.81. The largest absolute Gasteiger partial charge is 0.478 e. The third-order valence-electron chi connectivity index (χ3n) is 2.51. The average Bonchev–Trinajstić information content (AvgIpc) is 2.65. The average molecular weight is 253 g/mol. The minimum Gasteiger partial charge on any atom is -0.478 e. The van der Waals surface area contributed by atoms with Crippen LogP contribution in [0.2, 0.25) is 0 Å². The van der Waals surface area contributed by atoms with E-state index in [1.807, 2.05) is 29.8 Å². The molecule has 2 rings (SSSR count). The standard InChI is InChI=1S/C12H12N2O2.ClH/c1-9-13-6-7-14(9)8-10-4-2-3-5-11(10)12(15)16;/h2-7H,8H2,1H3,(H,15,16);1H. The summed E-state index contributed by atoms with van der Waals surface area (Å²) >= 11 is 0. The molecule has 1 aromatic heterocycles. The molecule has 0 aliphatic rings. The zero-order valence-electron chi connectivity index (χ0n) is 9.33. The molecular formula is C12H13ClN2O2. The summed E-state index contributed by atoms with van der Waals surface area (Å²) in [6, 6.07) is 7.01. The van der Waals surface area contributed by atoms with E-state index in [2.05, 4.69) is 4.98 Å². The molecule has 1 aromatic carbocycles. The second-order valence-electron chi connectivity index (χ2n) is 3.56. The lowest BCUT2D eigenvalue weighted by Gasteiger charge is -2.08. The topological polar surface area (TPSA) is 55.1 Å². The summed E-state index contributed by atoms with van der Waals surface area (Å²) in [5.74, 6) is -0.0199. The second kappa shape index (κ2) is 5.50. The van der Waals surface area contributed by atoms with Gasteiger partial charge in [0.15, 0.2) is 0 Å². The Morgan fingerprint density at radius 2 is 2.12 bits per heavy atom. The van der Waals surface area contributed by atoms with Gasteiger partial charge in [-0.3, -0.25) is 0 Å². The van der Waals surface area contributed by atoms with Crippen molar-refractivity contribution in [1.82, 2.24) is 9.55 Å². The van der Waals surface area contributed by atoms with Crippen LogP contribution in [-0.2, 0) is 6.54 Å². The van der Waals surface area contributed by atoms with E-state index >= 15 is 0 Å². The van der Waals surface area contributed by atoms with Gasteiger partial charge >= 0.3 is 5.97 Å². The number of benzene rings is 1. The summed E-state index contributed by atoms with van der Waals surface area (Å²) in [5.41, 5.74) is 1.13. The molecule has 0 atom stereocenters. The van der Waals surface area contributed by atoms with E-state index in [0.717, 1.165) is 11.4 Å². The van der Waals surface area contributed by atoms with Crippen LogP contribution in [0.5, 0.6) is 0 Å². The van der Waals surface area contributed by atoms with Gasteiger partial charge in [0.25, 0.3) is 0 Å². The summed E-state index contributed by atoms with van der Waals surface area (Å²) in [7, 11) is 0. The van der Waals surface area contributed by atoms with E-state index in [-0.39, 0.29) is 12.4 Å². The molecule has 90 valence electrons. The van der Waals surface area contributed by atoms with Crippen molar-refractivity contribution >= 4 is 18.4 Å². The van der Waals surface area contributed by atoms with Crippen molar-refractivity contribution in [2.24, 2.45) is 0 Å². The molecule has 0 saturated carbocycles. The van der Waals surface area contributed by atoms with Gasteiger partial charge in [0, 0.05) is 18.9 Å². The third-order valence-corrected chi connectivity index (χ3v) is 2.51. The Balaban J connectivity index is 0.00000144. The van der Waals surface area contributed by atoms with Crippen molar-refractivity contribution in [3.05, 3.63) is 53.6 Å². The molecular weight excluding hydrogens is 240 g/mol. The highest BCUT2D eigenvalue weighted by Gasteiger charge is 2.09. The Morgan fingerprint density at radius 3 is 2.71 bits per heavy atom. The maximum atomic E-state index is 11.0. The van der Waals surface area contributed by atoms with E-state index < -0.39 is 5.97 Å². The third kappa shape index (κ3) is 2.85. The predicted octanol–water partition coefficient (Wildman–Crippen LogP) is 2.36. The first-order valence-corrected chi connectivity index (χ1v) is 4.97. The van der Waals surface area contributed by atoms with E-state index in [0.29, 0.717) is 12.1 Å². The normalized spacial score (nSPS) is 9.71. The van der Waals surface area contributed by atoms with Gasteiger partial charge in [-0.1, -0.05) is 18.2 Å². The lowest BCUT2D eigenvalue weighted by atomic mass is 10.1. The summed E-state index contributed by atoms with van der Waals surface area (Å²) in [6.45, 7) is 2.43. The van der Waals surface area contributed by atoms with Gasteiger partial charge in [-0.2, -0.15) is 0 Å². The van der Waals surface area contributed by atoms with Crippen molar-refractivity contribution in [3.63, 3.8) is 0 Å². The van der Waals surface area contributed by atoms with Gasteiger partial charge in [0.2, 0.25) is 0 Å². The van der Waals surface area contributed by atoms with Crippen LogP contribution in [-0.4, -0.2) is 20.6 Å². The Kier molecular flexibility index (Phi) is 4.29. The van der Waals surface area contributed by atoms with Crippen LogP contribution in [0.3, 0.4) is 0 Å². The highest BCUT2D eigenvalue weighted by atomic mass is 35.5. The van der Waals surface area contributed by atoms with Gasteiger partial charge in [0.1, 0.15) is 5.82 Å². The highest BCUT2D eigenvalue weighted by molar-refractivity contribution is 5.89. The van der Waals surface area contributed by atoms with Crippen LogP contribution in [0.25, 0.3) is 0 Å². The molecule has 0 bridgehead atoms. The summed E-state index contributed by atoms with van der Waals surface area (Å²) in [4.78, 5) is 15.1. The molecule has 2 aromatic rings. The second-order valence-corrected chi connectivity index (χ2v) is 3.56. The fourth-order valence-corrected chi connectivity index (χ4v) is 1.62. The number of imidazole rings is 1. The molecule has 1 N–H and O–H groups in total. The van der Waals surface area contributed by atoms with Crippen molar-refractivity contribution in [1.29, 1.82) is 0 Å². The monoisotopic (exact) mass is 252 g/mol. The molecule has 0 aliphatic heterocycles. The summed E-state index contributed by atoms with van der Waals surface area (Å²) < 4.78 is 1.92. The van der Waals surface area contributed by atoms with Gasteiger partial charge < -0.3 is 9.67 Å². The van der Waals surface area contributed by atoms with Crippen LogP contribution >= 0.6 is 12.4 Å². The molecule has 17 heavy (non-hydrogen) atoms. The fourth-order valence-electron chi connectivity index (χ4n) is 1.62. The number of hydrogen-bond donors (Lipinski definition) is 1. The molecule has 1 heterocycles. The number of rotatable bonds is 3. The van der Waals surface area contributed by atoms with Crippen molar-refractivity contribution < 1.29 is 9.90 Å². The van der Waals surface area contributed by atoms with Crippen LogP contribution in [0, 0.1) is 6.92 Å². The van der Waals surface area contributed by atoms with Crippen LogP contribution < -0.4 is 0 Å². The number of aryl methyl sites for hydroxylation is 1. The molecule has 5 heteroatoms. The van der Waals surface area contributed by atoms with Gasteiger partial charge in [0.05, 0.1) is 5.56 Å². The van der Waals surface area contributed by atoms with E-state index in [9.17, 15) is 4.79 Å². The number of aromatic nitrogens is 2. The molecule has 0 spiro atoms. The van der Waals surface area contributed by atoms with Gasteiger partial charge in [-0.05, 0) is 18.6 Å². The lowest BCUT2D eigenvalue weighted by Crippen LogP contribution is -2.07. The zero-order chi connectivity index (χ0) is 11.5. The number of carboxylic acids is 1. The van der Waals surface area contributed by atoms with Crippen LogP contribution in [0.1, 0.15) is 21.7 Å². The molecule has 0 fully saturated rings. The molecule has 0 saturated heterocycles. The maximum Gasteiger partial charge on any atom is 0.336 e. The fraction of sp³-hybridized carbons (Fsp3) is 0.167. The van der Waals surface area contributed by atoms with Crippen molar-refractivity contribution in [3.8, 4) is 0 Å². The molecule has 0 unspecified atom stereocenters. The first-order valence-electron chi connectivity index (χ1n) is 4.97. The Bertz CT molecular complexity index is 523. The van der Waals surface area contributed by atoms with E-state index in [1.165, 1.54) is 0 Å². The first kappa shape index (κ1) is 13.3. The predicted molar refractivity (Wildman–Crippen MR) is 66.7 cm³/mol. The van der Waals surface area contributed by atoms with Gasteiger partial charge in [-0.25, -0.2) is 9.78 Å². The minimum absolute atomic E-state index is 0. The lowest BCUT2D eigenvalue weighted by molar-refractivity contribution is 0.0695. The minimum atomic E-state index is -0.895. The molecule has 0 radical (unpaired) electrons. The Labute approximate surface area is 105 Å². The summed E-state index contributed by atoms with van der Waals surface area (Å²) in [6.07, 6.45) is 3.55. The first-order chi connectivity index (χ1) is 7.68. The number of halogens is 1. The van der Waals surface area contributed by atoms with Crippen molar-refractivity contribution in [2.45, 2.75) is 13.5 Å².